The molecule has 1 fully saturated rings. The fourth-order valence-electron chi connectivity index (χ4n) is 2.38. The Morgan fingerprint density at radius 2 is 2.19 bits per heavy atom. The van der Waals surface area contributed by atoms with E-state index in [0.29, 0.717) is 0 Å². The third-order valence-electron chi connectivity index (χ3n) is 3.23. The molecule has 16 heavy (non-hydrogen) atoms. The molecule has 2 atom stereocenters. The summed E-state index contributed by atoms with van der Waals surface area (Å²) >= 11 is 0. The number of aliphatic hydroxyl groups excluding tert-OH is 1. The maximum Gasteiger partial charge on any atom is 0.0924 e. The summed E-state index contributed by atoms with van der Waals surface area (Å²) in [5, 5.41) is 21.7. The van der Waals surface area contributed by atoms with Crippen LogP contribution in [0.15, 0.2) is 24.3 Å². The van der Waals surface area contributed by atoms with Crippen LogP contribution in [0.3, 0.4) is 0 Å². The molecule has 2 heterocycles. The van der Waals surface area contributed by atoms with E-state index in [4.69, 9.17) is 0 Å². The number of rotatable bonds is 1. The molecule has 1 saturated heterocycles. The first-order valence-electron chi connectivity index (χ1n) is 5.71. The SMILES string of the molecule is OC1CCCNC1c1[nH]nc2ccccc12. The van der Waals surface area contributed by atoms with Gasteiger partial charge in [0, 0.05) is 5.39 Å². The minimum Gasteiger partial charge on any atom is -0.391 e. The zero-order valence-electron chi connectivity index (χ0n) is 8.98. The van der Waals surface area contributed by atoms with Crippen molar-refractivity contribution in [3.05, 3.63) is 30.0 Å². The summed E-state index contributed by atoms with van der Waals surface area (Å²) < 4.78 is 0. The predicted octanol–water partition coefficient (Wildman–Crippen LogP) is 1.35. The number of hydrogen-bond donors (Lipinski definition) is 3. The molecule has 0 aliphatic carbocycles. The highest BCUT2D eigenvalue weighted by Gasteiger charge is 2.26. The van der Waals surface area contributed by atoms with Gasteiger partial charge in [-0.1, -0.05) is 18.2 Å². The average molecular weight is 217 g/mol. The van der Waals surface area contributed by atoms with Crippen molar-refractivity contribution < 1.29 is 5.11 Å². The van der Waals surface area contributed by atoms with E-state index >= 15 is 0 Å². The van der Waals surface area contributed by atoms with Crippen molar-refractivity contribution in [3.8, 4) is 0 Å². The number of aromatic nitrogens is 2. The number of piperidine rings is 1. The summed E-state index contributed by atoms with van der Waals surface area (Å²) in [6, 6.07) is 7.97. The van der Waals surface area contributed by atoms with Gasteiger partial charge in [0.2, 0.25) is 0 Å². The molecule has 2 unspecified atom stereocenters. The first-order valence-corrected chi connectivity index (χ1v) is 5.71. The summed E-state index contributed by atoms with van der Waals surface area (Å²) in [5.74, 6) is 0. The molecule has 4 heteroatoms. The second kappa shape index (κ2) is 3.88. The van der Waals surface area contributed by atoms with Crippen LogP contribution in [0.2, 0.25) is 0 Å². The van der Waals surface area contributed by atoms with Gasteiger partial charge < -0.3 is 10.4 Å². The molecular weight excluding hydrogens is 202 g/mol. The van der Waals surface area contributed by atoms with Gasteiger partial charge in [-0.3, -0.25) is 5.10 Å². The van der Waals surface area contributed by atoms with E-state index in [1.54, 1.807) is 0 Å². The molecule has 3 rings (SSSR count). The number of aliphatic hydroxyl groups is 1. The summed E-state index contributed by atoms with van der Waals surface area (Å²) in [4.78, 5) is 0. The summed E-state index contributed by atoms with van der Waals surface area (Å²) in [6.07, 6.45) is 1.56. The van der Waals surface area contributed by atoms with E-state index in [9.17, 15) is 5.11 Å². The van der Waals surface area contributed by atoms with Crippen LogP contribution >= 0.6 is 0 Å². The molecule has 84 valence electrons. The minimum atomic E-state index is -0.322. The van der Waals surface area contributed by atoms with Crippen molar-refractivity contribution in [3.63, 3.8) is 0 Å². The number of H-pyrrole nitrogens is 1. The van der Waals surface area contributed by atoms with E-state index in [0.717, 1.165) is 36.0 Å². The Hall–Kier alpha value is -1.39. The van der Waals surface area contributed by atoms with Crippen LogP contribution in [0.1, 0.15) is 24.6 Å². The maximum absolute atomic E-state index is 9.99. The van der Waals surface area contributed by atoms with Crippen LogP contribution in [-0.2, 0) is 0 Å². The molecule has 4 nitrogen and oxygen atoms in total. The van der Waals surface area contributed by atoms with Crippen LogP contribution in [0.5, 0.6) is 0 Å². The second-order valence-electron chi connectivity index (χ2n) is 4.30. The van der Waals surface area contributed by atoms with Crippen LogP contribution in [-0.4, -0.2) is 28.0 Å². The highest BCUT2D eigenvalue weighted by molar-refractivity contribution is 5.81. The Morgan fingerprint density at radius 1 is 1.31 bits per heavy atom. The normalized spacial score (nSPS) is 26.1. The van der Waals surface area contributed by atoms with Crippen molar-refractivity contribution >= 4 is 10.9 Å². The van der Waals surface area contributed by atoms with E-state index < -0.39 is 0 Å². The number of aromatic amines is 1. The molecular formula is C12H15N3O. The largest absolute Gasteiger partial charge is 0.391 e. The topological polar surface area (TPSA) is 60.9 Å². The lowest BCUT2D eigenvalue weighted by Crippen LogP contribution is -2.37. The summed E-state index contributed by atoms with van der Waals surface area (Å²) in [7, 11) is 0. The van der Waals surface area contributed by atoms with E-state index in [2.05, 4.69) is 15.5 Å². The molecule has 2 aromatic rings. The smallest absolute Gasteiger partial charge is 0.0924 e. The first-order chi connectivity index (χ1) is 7.86. The molecule has 1 aromatic heterocycles. The highest BCUT2D eigenvalue weighted by atomic mass is 16.3. The van der Waals surface area contributed by atoms with Crippen LogP contribution in [0.25, 0.3) is 10.9 Å². The number of fused-ring (bicyclic) bond motifs is 1. The van der Waals surface area contributed by atoms with Gasteiger partial charge in [-0.15, -0.1) is 0 Å². The lowest BCUT2D eigenvalue weighted by molar-refractivity contribution is 0.0952. The number of nitrogens with zero attached hydrogens (tertiary/aromatic N) is 1. The first kappa shape index (κ1) is 9.81. The van der Waals surface area contributed by atoms with Gasteiger partial charge in [0.25, 0.3) is 0 Å². The van der Waals surface area contributed by atoms with Gasteiger partial charge in [-0.25, -0.2) is 0 Å². The standard InChI is InChI=1S/C12H15N3O/c16-10-6-3-7-13-12(10)11-8-4-1-2-5-9(8)14-15-11/h1-2,4-5,10,12-13,16H,3,6-7H2,(H,14,15). The number of nitrogens with one attached hydrogen (secondary N) is 2. The second-order valence-corrected chi connectivity index (χ2v) is 4.30. The molecule has 0 radical (unpaired) electrons. The fraction of sp³-hybridized carbons (Fsp3) is 0.417. The zero-order chi connectivity index (χ0) is 11.0. The van der Waals surface area contributed by atoms with Crippen molar-refractivity contribution in [2.75, 3.05) is 6.54 Å². The number of hydrogen-bond acceptors (Lipinski definition) is 3. The van der Waals surface area contributed by atoms with Gasteiger partial charge in [0.05, 0.1) is 23.4 Å². The molecule has 3 N–H and O–H groups in total. The lowest BCUT2D eigenvalue weighted by atomic mass is 9.97. The molecule has 0 saturated carbocycles. The number of para-hydroxylation sites is 1. The Morgan fingerprint density at radius 3 is 3.06 bits per heavy atom. The Bertz CT molecular complexity index is 494. The van der Waals surface area contributed by atoms with Gasteiger partial charge >= 0.3 is 0 Å². The van der Waals surface area contributed by atoms with Crippen LogP contribution in [0.4, 0.5) is 0 Å². The molecule has 1 aliphatic heterocycles. The minimum absolute atomic E-state index is 0.0128. The third-order valence-corrected chi connectivity index (χ3v) is 3.23. The van der Waals surface area contributed by atoms with Crippen molar-refractivity contribution in [2.45, 2.75) is 25.0 Å². The van der Waals surface area contributed by atoms with E-state index in [1.165, 1.54) is 0 Å². The monoisotopic (exact) mass is 217 g/mol. The lowest BCUT2D eigenvalue weighted by Gasteiger charge is -2.28. The van der Waals surface area contributed by atoms with Gasteiger partial charge in [-0.05, 0) is 25.5 Å². The van der Waals surface area contributed by atoms with Crippen molar-refractivity contribution in [1.82, 2.24) is 15.5 Å². The maximum atomic E-state index is 9.99. The summed E-state index contributed by atoms with van der Waals surface area (Å²) in [5.41, 5.74) is 1.96. The summed E-state index contributed by atoms with van der Waals surface area (Å²) in [6.45, 7) is 0.953. The third kappa shape index (κ3) is 1.50. The van der Waals surface area contributed by atoms with Gasteiger partial charge in [0.15, 0.2) is 0 Å². The molecule has 1 aliphatic rings. The quantitative estimate of drug-likeness (QED) is 0.675. The highest BCUT2D eigenvalue weighted by Crippen LogP contribution is 2.27. The average Bonchev–Trinajstić information content (AvgIpc) is 2.74. The van der Waals surface area contributed by atoms with Crippen LogP contribution < -0.4 is 5.32 Å². The van der Waals surface area contributed by atoms with Crippen LogP contribution in [0, 0.1) is 0 Å². The number of benzene rings is 1. The van der Waals surface area contributed by atoms with Gasteiger partial charge in [0.1, 0.15) is 0 Å². The fourth-order valence-corrected chi connectivity index (χ4v) is 2.38. The van der Waals surface area contributed by atoms with E-state index in [-0.39, 0.29) is 12.1 Å². The molecule has 0 bridgehead atoms. The Kier molecular flexibility index (Phi) is 2.38. The Balaban J connectivity index is 2.04. The zero-order valence-corrected chi connectivity index (χ0v) is 8.98. The predicted molar refractivity (Wildman–Crippen MR) is 62.1 cm³/mol. The molecule has 0 spiro atoms. The molecule has 0 amide bonds. The van der Waals surface area contributed by atoms with E-state index in [1.807, 2.05) is 24.3 Å². The molecule has 1 aromatic carbocycles. The van der Waals surface area contributed by atoms with Crippen molar-refractivity contribution in [2.24, 2.45) is 0 Å². The Labute approximate surface area is 93.7 Å². The van der Waals surface area contributed by atoms with Gasteiger partial charge in [-0.2, -0.15) is 5.10 Å². The van der Waals surface area contributed by atoms with Crippen molar-refractivity contribution in [1.29, 1.82) is 0 Å².